The van der Waals surface area contributed by atoms with E-state index in [0.717, 1.165) is 12.8 Å². The Hall–Kier alpha value is -3.28. The average Bonchev–Trinajstić information content (AvgIpc) is 2.73. The Morgan fingerprint density at radius 2 is 2.04 bits per heavy atom. The minimum absolute atomic E-state index is 0.0420. The summed E-state index contributed by atoms with van der Waals surface area (Å²) in [6.07, 6.45) is 7.58. The first-order valence-corrected chi connectivity index (χ1v) is 9.24. The van der Waals surface area contributed by atoms with E-state index in [2.05, 4.69) is 22.2 Å². The minimum atomic E-state index is -0.470. The van der Waals surface area contributed by atoms with Crippen LogP contribution in [0.4, 0.5) is 4.39 Å². The molecule has 144 valence electrons. The highest BCUT2D eigenvalue weighted by Gasteiger charge is 2.12. The van der Waals surface area contributed by atoms with Crippen molar-refractivity contribution in [1.29, 1.82) is 0 Å². The number of ether oxygens (including phenoxy) is 1. The van der Waals surface area contributed by atoms with Crippen molar-refractivity contribution in [3.8, 4) is 5.75 Å². The SMILES string of the molecule is CCCC=CCOc1cccc(CNC(=O)c2ccc3ncccc3n2)c1F. The van der Waals surface area contributed by atoms with Crippen molar-refractivity contribution in [1.82, 2.24) is 15.3 Å². The molecule has 0 spiro atoms. The summed E-state index contributed by atoms with van der Waals surface area (Å²) in [4.78, 5) is 20.8. The van der Waals surface area contributed by atoms with Gasteiger partial charge in [-0.3, -0.25) is 9.78 Å². The first-order chi connectivity index (χ1) is 13.7. The van der Waals surface area contributed by atoms with Crippen molar-refractivity contribution in [2.75, 3.05) is 6.61 Å². The molecule has 28 heavy (non-hydrogen) atoms. The number of aromatic nitrogens is 2. The van der Waals surface area contributed by atoms with Crippen LogP contribution in [0.15, 0.2) is 60.8 Å². The summed E-state index contributed by atoms with van der Waals surface area (Å²) in [6.45, 7) is 2.44. The molecule has 0 aliphatic carbocycles. The van der Waals surface area contributed by atoms with Crippen molar-refractivity contribution >= 4 is 16.9 Å². The van der Waals surface area contributed by atoms with Crippen LogP contribution in [-0.4, -0.2) is 22.5 Å². The van der Waals surface area contributed by atoms with Crippen LogP contribution >= 0.6 is 0 Å². The van der Waals surface area contributed by atoms with Crippen molar-refractivity contribution in [2.45, 2.75) is 26.3 Å². The van der Waals surface area contributed by atoms with Crippen LogP contribution in [0.25, 0.3) is 11.0 Å². The fourth-order valence-corrected chi connectivity index (χ4v) is 2.64. The molecular weight excluding hydrogens is 357 g/mol. The van der Waals surface area contributed by atoms with E-state index < -0.39 is 5.82 Å². The lowest BCUT2D eigenvalue weighted by Gasteiger charge is -2.10. The van der Waals surface area contributed by atoms with Crippen LogP contribution in [0.5, 0.6) is 5.75 Å². The van der Waals surface area contributed by atoms with E-state index in [-0.39, 0.29) is 23.9 Å². The number of unbranched alkanes of at least 4 members (excludes halogenated alkanes) is 1. The number of hydrogen-bond donors (Lipinski definition) is 1. The Morgan fingerprint density at radius 3 is 2.89 bits per heavy atom. The molecule has 0 bridgehead atoms. The maximum absolute atomic E-state index is 14.6. The molecule has 2 heterocycles. The molecule has 3 rings (SSSR count). The summed E-state index contributed by atoms with van der Waals surface area (Å²) in [6, 6.07) is 11.8. The van der Waals surface area contributed by atoms with Gasteiger partial charge in [-0.1, -0.05) is 37.6 Å². The van der Waals surface area contributed by atoms with Gasteiger partial charge in [0.1, 0.15) is 12.3 Å². The second-order valence-electron chi connectivity index (χ2n) is 6.22. The molecule has 0 saturated carbocycles. The quantitative estimate of drug-likeness (QED) is 0.588. The van der Waals surface area contributed by atoms with E-state index in [0.29, 0.717) is 23.2 Å². The predicted octanol–water partition coefficient (Wildman–Crippen LogP) is 4.43. The fraction of sp³-hybridized carbons (Fsp3) is 0.227. The van der Waals surface area contributed by atoms with Crippen LogP contribution in [0.2, 0.25) is 0 Å². The Bertz CT molecular complexity index is 988. The van der Waals surface area contributed by atoms with E-state index >= 15 is 0 Å². The lowest BCUT2D eigenvalue weighted by molar-refractivity contribution is 0.0946. The number of hydrogen-bond acceptors (Lipinski definition) is 4. The number of pyridine rings is 2. The molecule has 0 aliphatic rings. The maximum Gasteiger partial charge on any atom is 0.270 e. The molecular formula is C22H22FN3O2. The van der Waals surface area contributed by atoms with Gasteiger partial charge in [-0.05, 0) is 36.8 Å². The number of amides is 1. The molecule has 6 heteroatoms. The normalized spacial score (nSPS) is 11.1. The summed E-state index contributed by atoms with van der Waals surface area (Å²) in [7, 11) is 0. The lowest BCUT2D eigenvalue weighted by Crippen LogP contribution is -2.24. The van der Waals surface area contributed by atoms with Gasteiger partial charge in [-0.25, -0.2) is 9.37 Å². The Morgan fingerprint density at radius 1 is 1.14 bits per heavy atom. The maximum atomic E-state index is 14.6. The molecule has 0 radical (unpaired) electrons. The minimum Gasteiger partial charge on any atom is -0.486 e. The number of benzene rings is 1. The van der Waals surface area contributed by atoms with Gasteiger partial charge in [0.25, 0.3) is 5.91 Å². The molecule has 1 aromatic carbocycles. The lowest BCUT2D eigenvalue weighted by atomic mass is 10.2. The van der Waals surface area contributed by atoms with Crippen LogP contribution in [-0.2, 0) is 6.54 Å². The van der Waals surface area contributed by atoms with Crippen LogP contribution in [0, 0.1) is 5.82 Å². The van der Waals surface area contributed by atoms with Gasteiger partial charge in [-0.2, -0.15) is 0 Å². The van der Waals surface area contributed by atoms with Gasteiger partial charge in [0.05, 0.1) is 11.0 Å². The van der Waals surface area contributed by atoms with E-state index in [9.17, 15) is 9.18 Å². The van der Waals surface area contributed by atoms with E-state index in [1.807, 2.05) is 12.2 Å². The van der Waals surface area contributed by atoms with Crippen molar-refractivity contribution in [2.24, 2.45) is 0 Å². The number of halogens is 1. The highest BCUT2D eigenvalue weighted by Crippen LogP contribution is 2.20. The summed E-state index contributed by atoms with van der Waals surface area (Å²) in [5.41, 5.74) is 1.95. The van der Waals surface area contributed by atoms with E-state index in [1.165, 1.54) is 0 Å². The van der Waals surface area contributed by atoms with Gasteiger partial charge in [0, 0.05) is 18.3 Å². The second kappa shape index (κ2) is 9.60. The summed E-state index contributed by atoms with van der Waals surface area (Å²) >= 11 is 0. The van der Waals surface area contributed by atoms with Crippen LogP contribution < -0.4 is 10.1 Å². The van der Waals surface area contributed by atoms with Crippen LogP contribution in [0.3, 0.4) is 0 Å². The predicted molar refractivity (Wildman–Crippen MR) is 107 cm³/mol. The number of nitrogens with zero attached hydrogens (tertiary/aromatic N) is 2. The zero-order valence-corrected chi connectivity index (χ0v) is 15.7. The first kappa shape index (κ1) is 19.5. The third-order valence-electron chi connectivity index (χ3n) is 4.13. The Labute approximate surface area is 163 Å². The molecule has 1 amide bonds. The molecule has 0 atom stereocenters. The fourth-order valence-electron chi connectivity index (χ4n) is 2.64. The number of carbonyl (C=O) groups is 1. The van der Waals surface area contributed by atoms with Gasteiger partial charge >= 0.3 is 0 Å². The summed E-state index contributed by atoms with van der Waals surface area (Å²) < 4.78 is 20.1. The number of nitrogens with one attached hydrogen (secondary N) is 1. The number of rotatable bonds is 8. The number of carbonyl (C=O) groups excluding carboxylic acids is 1. The van der Waals surface area contributed by atoms with Gasteiger partial charge in [0.2, 0.25) is 0 Å². The monoisotopic (exact) mass is 379 g/mol. The zero-order valence-electron chi connectivity index (χ0n) is 15.7. The Balaban J connectivity index is 1.63. The highest BCUT2D eigenvalue weighted by atomic mass is 19.1. The van der Waals surface area contributed by atoms with E-state index in [1.54, 1.807) is 48.7 Å². The van der Waals surface area contributed by atoms with Crippen molar-refractivity contribution < 1.29 is 13.9 Å². The summed E-state index contributed by atoms with van der Waals surface area (Å²) in [5.74, 6) is -0.677. The third kappa shape index (κ3) is 4.91. The molecule has 0 saturated heterocycles. The van der Waals surface area contributed by atoms with Gasteiger partial charge in [0.15, 0.2) is 11.6 Å². The first-order valence-electron chi connectivity index (χ1n) is 9.24. The van der Waals surface area contributed by atoms with Gasteiger partial charge in [-0.15, -0.1) is 0 Å². The molecule has 2 aromatic heterocycles. The molecule has 0 unspecified atom stereocenters. The molecule has 3 aromatic rings. The third-order valence-corrected chi connectivity index (χ3v) is 4.13. The number of allylic oxidation sites excluding steroid dienone is 1. The molecule has 5 nitrogen and oxygen atoms in total. The number of fused-ring (bicyclic) bond motifs is 1. The summed E-state index contributed by atoms with van der Waals surface area (Å²) in [5, 5.41) is 2.70. The van der Waals surface area contributed by atoms with Crippen molar-refractivity contribution in [3.05, 3.63) is 77.9 Å². The van der Waals surface area contributed by atoms with Gasteiger partial charge < -0.3 is 10.1 Å². The zero-order chi connectivity index (χ0) is 19.8. The molecule has 1 N–H and O–H groups in total. The standard InChI is InChI=1S/C22H22FN3O2/c1-2-3-4-5-14-28-20-10-6-8-16(21(20)23)15-25-22(27)19-12-11-17-18(26-19)9-7-13-24-17/h4-13H,2-3,14-15H2,1H3,(H,25,27). The van der Waals surface area contributed by atoms with Crippen molar-refractivity contribution in [3.63, 3.8) is 0 Å². The van der Waals surface area contributed by atoms with Crippen LogP contribution in [0.1, 0.15) is 35.8 Å². The smallest absolute Gasteiger partial charge is 0.270 e. The van der Waals surface area contributed by atoms with E-state index in [4.69, 9.17) is 4.74 Å². The highest BCUT2D eigenvalue weighted by molar-refractivity contribution is 5.94. The topological polar surface area (TPSA) is 64.1 Å². The Kier molecular flexibility index (Phi) is 6.68. The largest absolute Gasteiger partial charge is 0.486 e. The molecule has 0 fully saturated rings. The second-order valence-corrected chi connectivity index (χ2v) is 6.22. The molecule has 0 aliphatic heterocycles. The average molecular weight is 379 g/mol.